The zero-order chi connectivity index (χ0) is 24.1. The first kappa shape index (κ1) is 25.0. The zero-order valence-corrected chi connectivity index (χ0v) is 21.6. The molecule has 0 unspecified atom stereocenters. The van der Waals surface area contributed by atoms with E-state index in [0.29, 0.717) is 34.2 Å². The van der Waals surface area contributed by atoms with Gasteiger partial charge in [-0.3, -0.25) is 9.59 Å². The molecule has 3 aliphatic carbocycles. The van der Waals surface area contributed by atoms with Crippen molar-refractivity contribution in [2.24, 2.45) is 23.2 Å². The first-order valence-electron chi connectivity index (χ1n) is 12.0. The van der Waals surface area contributed by atoms with Gasteiger partial charge in [-0.25, -0.2) is 0 Å². The Labute approximate surface area is 207 Å². The number of benzene rings is 1. The zero-order valence-electron chi connectivity index (χ0n) is 20.1. The maximum atomic E-state index is 12.9. The second-order valence-corrected chi connectivity index (χ2v) is 12.1. The standard InChI is InChI=1S/C25H34BCl2NO4/c1-14(2)8-16(11-18(30)13-29-23(31)19-12-17(27)6-7-20(19)28)26-32-22-10-15-9-21(24(15,3)4)25(22,5)33-26/h6-7,12,14-16,21-22H,8-11,13H2,1-5H3,(H,29,31)/t15-,16+,21-,22+,25-/m0/s1. The highest BCUT2D eigenvalue weighted by Crippen LogP contribution is 2.66. The van der Waals surface area contributed by atoms with Crippen molar-refractivity contribution in [1.29, 1.82) is 0 Å². The Morgan fingerprint density at radius 1 is 1.21 bits per heavy atom. The normalized spacial score (nSPS) is 30.5. The average molecular weight is 494 g/mol. The first-order valence-corrected chi connectivity index (χ1v) is 12.8. The van der Waals surface area contributed by atoms with Gasteiger partial charge < -0.3 is 14.6 Å². The molecular weight excluding hydrogens is 460 g/mol. The smallest absolute Gasteiger partial charge is 0.405 e. The molecule has 3 saturated carbocycles. The Morgan fingerprint density at radius 2 is 1.94 bits per heavy atom. The Kier molecular flexibility index (Phi) is 6.96. The number of hydrogen-bond donors (Lipinski definition) is 1. The predicted octanol–water partition coefficient (Wildman–Crippen LogP) is 5.83. The van der Waals surface area contributed by atoms with Crippen LogP contribution in [0.4, 0.5) is 0 Å². The van der Waals surface area contributed by atoms with Gasteiger partial charge >= 0.3 is 7.12 Å². The van der Waals surface area contributed by atoms with Crippen molar-refractivity contribution in [2.45, 2.75) is 77.8 Å². The van der Waals surface area contributed by atoms with Crippen LogP contribution in [0, 0.1) is 23.2 Å². The van der Waals surface area contributed by atoms with Gasteiger partial charge in [0.25, 0.3) is 5.91 Å². The number of hydrogen-bond acceptors (Lipinski definition) is 4. The molecule has 1 heterocycles. The summed E-state index contributed by atoms with van der Waals surface area (Å²) in [6.07, 6.45) is 3.43. The molecule has 5 nitrogen and oxygen atoms in total. The van der Waals surface area contributed by atoms with Gasteiger partial charge in [0.1, 0.15) is 0 Å². The molecule has 5 rings (SSSR count). The van der Waals surface area contributed by atoms with Crippen LogP contribution >= 0.6 is 23.2 Å². The molecule has 1 saturated heterocycles. The van der Waals surface area contributed by atoms with Gasteiger partial charge in [0.2, 0.25) is 0 Å². The Bertz CT molecular complexity index is 939. The molecule has 5 atom stereocenters. The van der Waals surface area contributed by atoms with Crippen LogP contribution in [0.5, 0.6) is 0 Å². The van der Waals surface area contributed by atoms with Crippen LogP contribution in [-0.4, -0.2) is 37.1 Å². The van der Waals surface area contributed by atoms with E-state index >= 15 is 0 Å². The van der Waals surface area contributed by atoms with Crippen LogP contribution in [0.25, 0.3) is 0 Å². The fraction of sp³-hybridized carbons (Fsp3) is 0.680. The molecule has 0 radical (unpaired) electrons. The van der Waals surface area contributed by atoms with Gasteiger partial charge in [0.15, 0.2) is 5.78 Å². The number of amides is 1. The lowest BCUT2D eigenvalue weighted by Gasteiger charge is -2.64. The van der Waals surface area contributed by atoms with Gasteiger partial charge in [0.05, 0.1) is 28.8 Å². The van der Waals surface area contributed by atoms with Gasteiger partial charge in [-0.1, -0.05) is 50.9 Å². The molecule has 1 aromatic rings. The molecule has 8 heteroatoms. The van der Waals surface area contributed by atoms with Crippen LogP contribution in [0.3, 0.4) is 0 Å². The highest BCUT2D eigenvalue weighted by Gasteiger charge is 2.68. The van der Waals surface area contributed by atoms with Crippen molar-refractivity contribution in [3.05, 3.63) is 33.8 Å². The van der Waals surface area contributed by atoms with Gasteiger partial charge in [0, 0.05) is 17.3 Å². The largest absolute Gasteiger partial charge is 0.461 e. The second kappa shape index (κ2) is 9.18. The van der Waals surface area contributed by atoms with Crippen molar-refractivity contribution >= 4 is 42.0 Å². The van der Waals surface area contributed by atoms with E-state index in [9.17, 15) is 9.59 Å². The number of Topliss-reactive ketones (excluding diaryl/α,β-unsaturated/α-hetero) is 1. The van der Waals surface area contributed by atoms with Crippen LogP contribution in [-0.2, 0) is 14.1 Å². The van der Waals surface area contributed by atoms with E-state index in [2.05, 4.69) is 39.9 Å². The highest BCUT2D eigenvalue weighted by atomic mass is 35.5. The topological polar surface area (TPSA) is 64.6 Å². The molecule has 180 valence electrons. The summed E-state index contributed by atoms with van der Waals surface area (Å²) in [5.41, 5.74) is 0.245. The van der Waals surface area contributed by atoms with Crippen molar-refractivity contribution in [3.8, 4) is 0 Å². The summed E-state index contributed by atoms with van der Waals surface area (Å²) in [6, 6.07) is 4.69. The van der Waals surface area contributed by atoms with Crippen LogP contribution < -0.4 is 5.32 Å². The third-order valence-electron chi connectivity index (χ3n) is 8.24. The summed E-state index contributed by atoms with van der Waals surface area (Å²) in [6.45, 7) is 11.1. The van der Waals surface area contributed by atoms with E-state index in [1.165, 1.54) is 12.5 Å². The molecule has 4 aliphatic rings. The van der Waals surface area contributed by atoms with E-state index in [1.54, 1.807) is 12.1 Å². The molecule has 1 aromatic carbocycles. The summed E-state index contributed by atoms with van der Waals surface area (Å²) in [4.78, 5) is 25.4. The molecule has 0 aromatic heterocycles. The molecule has 2 bridgehead atoms. The molecule has 4 fully saturated rings. The molecular formula is C25H34BCl2NO4. The van der Waals surface area contributed by atoms with Crippen molar-refractivity contribution in [3.63, 3.8) is 0 Å². The van der Waals surface area contributed by atoms with E-state index in [4.69, 9.17) is 32.5 Å². The predicted molar refractivity (Wildman–Crippen MR) is 132 cm³/mol. The van der Waals surface area contributed by atoms with E-state index < -0.39 is 5.91 Å². The molecule has 1 N–H and O–H groups in total. The van der Waals surface area contributed by atoms with Gasteiger partial charge in [-0.05, 0) is 67.6 Å². The third-order valence-corrected chi connectivity index (χ3v) is 8.80. The van der Waals surface area contributed by atoms with Gasteiger partial charge in [-0.2, -0.15) is 0 Å². The average Bonchev–Trinajstić information content (AvgIpc) is 3.10. The lowest BCUT2D eigenvalue weighted by atomic mass is 9.43. The third kappa shape index (κ3) is 4.73. The highest BCUT2D eigenvalue weighted by molar-refractivity contribution is 6.47. The summed E-state index contributed by atoms with van der Waals surface area (Å²) < 4.78 is 13.1. The SMILES string of the molecule is CC(C)C[C@H](CC(=O)CNC(=O)c1cc(Cl)ccc1Cl)B1O[C@@H]2C[C@@H]3C[C@@H](C3(C)C)[C@]2(C)O1. The maximum absolute atomic E-state index is 12.9. The Morgan fingerprint density at radius 3 is 2.61 bits per heavy atom. The fourth-order valence-corrected chi connectivity index (χ4v) is 6.68. The lowest BCUT2D eigenvalue weighted by Crippen LogP contribution is -2.65. The monoisotopic (exact) mass is 493 g/mol. The lowest BCUT2D eigenvalue weighted by molar-refractivity contribution is -0.199. The van der Waals surface area contributed by atoms with Crippen LogP contribution in [0.15, 0.2) is 18.2 Å². The van der Waals surface area contributed by atoms with Crippen LogP contribution in [0.1, 0.15) is 70.7 Å². The number of carbonyl (C=O) groups excluding carboxylic acids is 2. The summed E-state index contributed by atoms with van der Waals surface area (Å²) in [7, 11) is -0.389. The number of carbonyl (C=O) groups is 2. The van der Waals surface area contributed by atoms with Crippen molar-refractivity contribution in [2.75, 3.05) is 6.54 Å². The van der Waals surface area contributed by atoms with E-state index in [1.807, 2.05) is 0 Å². The van der Waals surface area contributed by atoms with E-state index in [0.717, 1.165) is 12.8 Å². The molecule has 1 amide bonds. The minimum Gasteiger partial charge on any atom is -0.405 e. The minimum absolute atomic E-state index is 0.0492. The number of rotatable bonds is 8. The molecule has 1 aliphatic heterocycles. The molecule has 33 heavy (non-hydrogen) atoms. The van der Waals surface area contributed by atoms with Gasteiger partial charge in [-0.15, -0.1) is 0 Å². The quantitative estimate of drug-likeness (QED) is 0.463. The minimum atomic E-state index is -0.412. The van der Waals surface area contributed by atoms with Crippen LogP contribution in [0.2, 0.25) is 15.9 Å². The number of halogens is 2. The maximum Gasteiger partial charge on any atom is 0.461 e. The Balaban J connectivity index is 1.39. The number of ketones is 1. The van der Waals surface area contributed by atoms with Crippen molar-refractivity contribution in [1.82, 2.24) is 5.32 Å². The van der Waals surface area contributed by atoms with E-state index in [-0.39, 0.29) is 47.9 Å². The second-order valence-electron chi connectivity index (χ2n) is 11.3. The Hall–Kier alpha value is -1.08. The summed E-state index contributed by atoms with van der Waals surface area (Å²) >= 11 is 12.1. The number of nitrogens with one attached hydrogen (secondary N) is 1. The van der Waals surface area contributed by atoms with Crippen molar-refractivity contribution < 1.29 is 18.9 Å². The summed E-state index contributed by atoms with van der Waals surface area (Å²) in [5.74, 6) is 1.05. The summed E-state index contributed by atoms with van der Waals surface area (Å²) in [5, 5.41) is 3.40. The molecule has 0 spiro atoms. The fourth-order valence-electron chi connectivity index (χ4n) is 6.31. The first-order chi connectivity index (χ1) is 15.4.